The van der Waals surface area contributed by atoms with E-state index in [0.29, 0.717) is 5.56 Å². The minimum absolute atomic E-state index is 0.0506. The zero-order chi connectivity index (χ0) is 13.0. The highest BCUT2D eigenvalue weighted by molar-refractivity contribution is 5.89. The first-order chi connectivity index (χ1) is 8.63. The van der Waals surface area contributed by atoms with Gasteiger partial charge in [-0.15, -0.1) is 0 Å². The highest BCUT2D eigenvalue weighted by Gasteiger charge is 2.28. The maximum atomic E-state index is 11.3. The van der Waals surface area contributed by atoms with Crippen LogP contribution in [0.25, 0.3) is 0 Å². The average Bonchev–Trinajstić information content (AvgIpc) is 2.39. The number of hydrogen-bond donors (Lipinski definition) is 0. The molecule has 0 radical (unpaired) electrons. The molecule has 1 fully saturated rings. The molecule has 0 heterocycles. The molecule has 0 amide bonds. The van der Waals surface area contributed by atoms with Crippen molar-refractivity contribution >= 4 is 5.97 Å². The van der Waals surface area contributed by atoms with E-state index in [-0.39, 0.29) is 11.6 Å². The molecule has 0 bridgehead atoms. The monoisotopic (exact) mass is 248 g/mol. The first kappa shape index (κ1) is 12.9. The lowest BCUT2D eigenvalue weighted by molar-refractivity contribution is 0.0487. The van der Waals surface area contributed by atoms with E-state index in [0.717, 1.165) is 18.6 Å². The van der Waals surface area contributed by atoms with Crippen LogP contribution < -0.4 is 4.74 Å². The molecule has 0 N–H and O–H groups in total. The van der Waals surface area contributed by atoms with Crippen molar-refractivity contribution in [2.45, 2.75) is 44.6 Å². The molecule has 3 heteroatoms. The molecule has 0 saturated heterocycles. The van der Waals surface area contributed by atoms with Gasteiger partial charge >= 0.3 is 5.97 Å². The van der Waals surface area contributed by atoms with E-state index in [1.54, 1.807) is 12.1 Å². The Morgan fingerprint density at radius 2 is 1.72 bits per heavy atom. The van der Waals surface area contributed by atoms with Crippen LogP contribution in [0.5, 0.6) is 5.75 Å². The van der Waals surface area contributed by atoms with Crippen LogP contribution in [0.1, 0.15) is 49.4 Å². The molecule has 1 aromatic carbocycles. The van der Waals surface area contributed by atoms with Gasteiger partial charge in [0.05, 0.1) is 12.7 Å². The summed E-state index contributed by atoms with van der Waals surface area (Å²) in [5.41, 5.74) is 0.504. The summed E-state index contributed by atoms with van der Waals surface area (Å²) < 4.78 is 10.7. The van der Waals surface area contributed by atoms with Crippen molar-refractivity contribution in [1.29, 1.82) is 0 Å². The summed E-state index contributed by atoms with van der Waals surface area (Å²) in [5.74, 6) is 0.512. The molecule has 1 aliphatic rings. The Morgan fingerprint density at radius 3 is 2.28 bits per heavy atom. The van der Waals surface area contributed by atoms with Gasteiger partial charge in [0.2, 0.25) is 0 Å². The number of esters is 1. The van der Waals surface area contributed by atoms with Crippen LogP contribution >= 0.6 is 0 Å². The average molecular weight is 248 g/mol. The van der Waals surface area contributed by atoms with Gasteiger partial charge in [-0.1, -0.05) is 6.42 Å². The van der Waals surface area contributed by atoms with Crippen molar-refractivity contribution in [1.82, 2.24) is 0 Å². The highest BCUT2D eigenvalue weighted by atomic mass is 16.5. The molecule has 0 atom stereocenters. The predicted octanol–water partition coefficient (Wildman–Crippen LogP) is 3.57. The number of ether oxygens (including phenoxy) is 2. The van der Waals surface area contributed by atoms with Gasteiger partial charge in [-0.25, -0.2) is 4.79 Å². The maximum absolute atomic E-state index is 11.3. The molecule has 2 rings (SSSR count). The molecule has 1 aliphatic carbocycles. The van der Waals surface area contributed by atoms with Gasteiger partial charge in [-0.2, -0.15) is 0 Å². The van der Waals surface area contributed by atoms with Crippen molar-refractivity contribution < 1.29 is 14.3 Å². The molecular weight excluding hydrogens is 228 g/mol. The SMILES string of the molecule is COC(=O)c1ccc(OC2(C)CCCCC2)cc1. The number of rotatable bonds is 3. The van der Waals surface area contributed by atoms with Crippen molar-refractivity contribution in [2.24, 2.45) is 0 Å². The Kier molecular flexibility index (Phi) is 3.90. The van der Waals surface area contributed by atoms with Crippen molar-refractivity contribution in [2.75, 3.05) is 7.11 Å². The van der Waals surface area contributed by atoms with E-state index >= 15 is 0 Å². The molecule has 18 heavy (non-hydrogen) atoms. The lowest BCUT2D eigenvalue weighted by Crippen LogP contribution is -2.34. The van der Waals surface area contributed by atoms with Gasteiger partial charge in [0.1, 0.15) is 11.4 Å². The zero-order valence-electron chi connectivity index (χ0n) is 11.1. The van der Waals surface area contributed by atoms with Crippen LogP contribution in [-0.2, 0) is 4.74 Å². The van der Waals surface area contributed by atoms with Crippen molar-refractivity contribution in [3.63, 3.8) is 0 Å². The lowest BCUT2D eigenvalue weighted by Gasteiger charge is -2.34. The lowest BCUT2D eigenvalue weighted by atomic mass is 9.86. The van der Waals surface area contributed by atoms with Crippen LogP contribution in [0.4, 0.5) is 0 Å². The molecule has 0 unspecified atom stereocenters. The summed E-state index contributed by atoms with van der Waals surface area (Å²) in [5, 5.41) is 0. The fourth-order valence-corrected chi connectivity index (χ4v) is 2.46. The fraction of sp³-hybridized carbons (Fsp3) is 0.533. The van der Waals surface area contributed by atoms with E-state index in [9.17, 15) is 4.79 Å². The molecule has 1 aromatic rings. The second kappa shape index (κ2) is 5.42. The van der Waals surface area contributed by atoms with Gasteiger partial charge in [0.15, 0.2) is 0 Å². The van der Waals surface area contributed by atoms with E-state index < -0.39 is 0 Å². The normalized spacial score (nSPS) is 18.1. The third kappa shape index (κ3) is 3.03. The highest BCUT2D eigenvalue weighted by Crippen LogP contribution is 2.32. The Morgan fingerprint density at radius 1 is 1.11 bits per heavy atom. The standard InChI is InChI=1S/C15H20O3/c1-15(10-4-3-5-11-15)18-13-8-6-12(7-9-13)14(16)17-2/h6-9H,3-5,10-11H2,1-2H3. The Labute approximate surface area is 108 Å². The summed E-state index contributed by atoms with van der Waals surface area (Å²) in [6.45, 7) is 2.17. The summed E-state index contributed by atoms with van der Waals surface area (Å²) in [6.07, 6.45) is 5.98. The number of carbonyl (C=O) groups is 1. The van der Waals surface area contributed by atoms with E-state index in [4.69, 9.17) is 4.74 Å². The summed E-state index contributed by atoms with van der Waals surface area (Å²) in [7, 11) is 1.38. The third-order valence-electron chi connectivity index (χ3n) is 3.55. The number of methoxy groups -OCH3 is 1. The molecule has 3 nitrogen and oxygen atoms in total. The quantitative estimate of drug-likeness (QED) is 0.767. The van der Waals surface area contributed by atoms with Gasteiger partial charge in [-0.3, -0.25) is 0 Å². The summed E-state index contributed by atoms with van der Waals surface area (Å²) in [6, 6.07) is 7.17. The van der Waals surface area contributed by atoms with Gasteiger partial charge in [-0.05, 0) is 56.9 Å². The van der Waals surface area contributed by atoms with Gasteiger partial charge in [0.25, 0.3) is 0 Å². The van der Waals surface area contributed by atoms with Gasteiger partial charge in [0, 0.05) is 0 Å². The van der Waals surface area contributed by atoms with Crippen LogP contribution in [0.3, 0.4) is 0 Å². The summed E-state index contributed by atoms with van der Waals surface area (Å²) in [4.78, 5) is 11.3. The smallest absolute Gasteiger partial charge is 0.337 e. The minimum atomic E-state index is -0.314. The minimum Gasteiger partial charge on any atom is -0.488 e. The van der Waals surface area contributed by atoms with Crippen LogP contribution in [-0.4, -0.2) is 18.7 Å². The fourth-order valence-electron chi connectivity index (χ4n) is 2.46. The van der Waals surface area contributed by atoms with Crippen LogP contribution in [0, 0.1) is 0 Å². The summed E-state index contributed by atoms with van der Waals surface area (Å²) >= 11 is 0. The third-order valence-corrected chi connectivity index (χ3v) is 3.55. The van der Waals surface area contributed by atoms with Gasteiger partial charge < -0.3 is 9.47 Å². The van der Waals surface area contributed by atoms with Crippen LogP contribution in [0.2, 0.25) is 0 Å². The Hall–Kier alpha value is -1.51. The molecular formula is C15H20O3. The largest absolute Gasteiger partial charge is 0.488 e. The molecule has 1 saturated carbocycles. The molecule has 0 aliphatic heterocycles. The zero-order valence-corrected chi connectivity index (χ0v) is 11.1. The number of carbonyl (C=O) groups excluding carboxylic acids is 1. The van der Waals surface area contributed by atoms with E-state index in [1.165, 1.54) is 26.4 Å². The molecule has 0 spiro atoms. The number of hydrogen-bond acceptors (Lipinski definition) is 3. The second-order valence-corrected chi connectivity index (χ2v) is 5.13. The Balaban J connectivity index is 2.03. The Bertz CT molecular complexity index is 402. The number of benzene rings is 1. The first-order valence-corrected chi connectivity index (χ1v) is 6.50. The predicted molar refractivity (Wildman–Crippen MR) is 69.9 cm³/mol. The van der Waals surface area contributed by atoms with Crippen molar-refractivity contribution in [3.05, 3.63) is 29.8 Å². The van der Waals surface area contributed by atoms with E-state index in [1.807, 2.05) is 12.1 Å². The second-order valence-electron chi connectivity index (χ2n) is 5.13. The first-order valence-electron chi connectivity index (χ1n) is 6.50. The molecule has 98 valence electrons. The van der Waals surface area contributed by atoms with Crippen LogP contribution in [0.15, 0.2) is 24.3 Å². The maximum Gasteiger partial charge on any atom is 0.337 e. The molecule has 0 aromatic heterocycles. The van der Waals surface area contributed by atoms with Crippen molar-refractivity contribution in [3.8, 4) is 5.75 Å². The topological polar surface area (TPSA) is 35.5 Å². The van der Waals surface area contributed by atoms with E-state index in [2.05, 4.69) is 11.7 Å².